The van der Waals surface area contributed by atoms with Crippen LogP contribution in [0.15, 0.2) is 26.0 Å². The molecule has 0 aliphatic carbocycles. The fourth-order valence-corrected chi connectivity index (χ4v) is 2.80. The van der Waals surface area contributed by atoms with Crippen molar-refractivity contribution in [3.8, 4) is 0 Å². The van der Waals surface area contributed by atoms with Gasteiger partial charge in [-0.25, -0.2) is 14.6 Å². The monoisotopic (exact) mass is 374 g/mol. The number of hydrogen-bond donors (Lipinski definition) is 0. The summed E-state index contributed by atoms with van der Waals surface area (Å²) in [6.45, 7) is 5.05. The molecular weight excluding hydrogens is 356 g/mol. The maximum absolute atomic E-state index is 12.9. The van der Waals surface area contributed by atoms with Gasteiger partial charge in [-0.1, -0.05) is 0 Å². The van der Waals surface area contributed by atoms with Crippen molar-refractivity contribution in [2.24, 2.45) is 0 Å². The van der Waals surface area contributed by atoms with Gasteiger partial charge in [0.2, 0.25) is 5.71 Å². The molecule has 0 saturated heterocycles. The van der Waals surface area contributed by atoms with Gasteiger partial charge in [-0.3, -0.25) is 9.36 Å². The lowest BCUT2D eigenvalue weighted by molar-refractivity contribution is 0.0525. The van der Waals surface area contributed by atoms with Crippen LogP contribution < -0.4 is 5.56 Å². The summed E-state index contributed by atoms with van der Waals surface area (Å²) in [6, 6.07) is 1.50. The molecule has 0 aromatic carbocycles. The normalized spacial score (nSPS) is 11.0. The first-order valence-electron chi connectivity index (χ1n) is 8.20. The fourth-order valence-electron chi connectivity index (χ4n) is 2.80. The van der Waals surface area contributed by atoms with Crippen LogP contribution in [0.3, 0.4) is 0 Å². The fraction of sp³-hybridized carbons (Fsp3) is 0.333. The van der Waals surface area contributed by atoms with E-state index in [4.69, 9.17) is 13.6 Å². The van der Waals surface area contributed by atoms with Crippen LogP contribution in [0.5, 0.6) is 0 Å². The SMILES string of the molecule is CCOC(=O)c1c(C)oc2ncn(Cc3cc(C(=O)OC)c(C)o3)c(=O)c12. The molecule has 0 spiro atoms. The molecule has 27 heavy (non-hydrogen) atoms. The van der Waals surface area contributed by atoms with E-state index < -0.39 is 17.5 Å². The third-order valence-corrected chi connectivity index (χ3v) is 4.03. The highest BCUT2D eigenvalue weighted by molar-refractivity contribution is 6.03. The molecule has 0 atom stereocenters. The van der Waals surface area contributed by atoms with Gasteiger partial charge < -0.3 is 18.3 Å². The van der Waals surface area contributed by atoms with Gasteiger partial charge in [0.25, 0.3) is 5.56 Å². The Morgan fingerprint density at radius 1 is 1.19 bits per heavy atom. The molecule has 0 radical (unpaired) electrons. The van der Waals surface area contributed by atoms with Crippen LogP contribution in [0.4, 0.5) is 0 Å². The number of fused-ring (bicyclic) bond motifs is 1. The number of nitrogens with zero attached hydrogens (tertiary/aromatic N) is 2. The average molecular weight is 374 g/mol. The summed E-state index contributed by atoms with van der Waals surface area (Å²) in [6.07, 6.45) is 1.29. The first-order valence-corrected chi connectivity index (χ1v) is 8.20. The van der Waals surface area contributed by atoms with E-state index in [9.17, 15) is 14.4 Å². The van der Waals surface area contributed by atoms with Gasteiger partial charge in [0, 0.05) is 0 Å². The van der Waals surface area contributed by atoms with E-state index in [1.165, 1.54) is 24.1 Å². The number of rotatable bonds is 5. The van der Waals surface area contributed by atoms with Gasteiger partial charge in [-0.05, 0) is 26.8 Å². The Morgan fingerprint density at radius 2 is 1.93 bits per heavy atom. The molecule has 0 fully saturated rings. The molecule has 0 aliphatic rings. The maximum Gasteiger partial charge on any atom is 0.342 e. The summed E-state index contributed by atoms with van der Waals surface area (Å²) in [4.78, 5) is 40.9. The number of carbonyl (C=O) groups excluding carboxylic acids is 2. The van der Waals surface area contributed by atoms with Gasteiger partial charge >= 0.3 is 11.9 Å². The molecule has 0 amide bonds. The van der Waals surface area contributed by atoms with Crippen LogP contribution >= 0.6 is 0 Å². The molecular formula is C18H18N2O7. The van der Waals surface area contributed by atoms with Crippen LogP contribution in [0.2, 0.25) is 0 Å². The lowest BCUT2D eigenvalue weighted by Gasteiger charge is -2.03. The molecule has 0 unspecified atom stereocenters. The summed E-state index contributed by atoms with van der Waals surface area (Å²) < 4.78 is 21.9. The molecule has 3 rings (SSSR count). The summed E-state index contributed by atoms with van der Waals surface area (Å²) in [5, 5.41) is 0.0462. The summed E-state index contributed by atoms with van der Waals surface area (Å²) in [5.41, 5.74) is -0.0817. The van der Waals surface area contributed by atoms with E-state index in [1.807, 2.05) is 0 Å². The van der Waals surface area contributed by atoms with Gasteiger partial charge in [-0.2, -0.15) is 0 Å². The Balaban J connectivity index is 2.05. The van der Waals surface area contributed by atoms with Crippen LogP contribution in [0, 0.1) is 13.8 Å². The van der Waals surface area contributed by atoms with Crippen LogP contribution in [0.1, 0.15) is 44.9 Å². The topological polar surface area (TPSA) is 114 Å². The van der Waals surface area contributed by atoms with Gasteiger partial charge in [0.15, 0.2) is 0 Å². The van der Waals surface area contributed by atoms with Gasteiger partial charge in [-0.15, -0.1) is 0 Å². The second-order valence-corrected chi connectivity index (χ2v) is 5.79. The maximum atomic E-state index is 12.9. The summed E-state index contributed by atoms with van der Waals surface area (Å²) in [7, 11) is 1.27. The molecule has 9 nitrogen and oxygen atoms in total. The Morgan fingerprint density at radius 3 is 2.59 bits per heavy atom. The first-order chi connectivity index (χ1) is 12.9. The Kier molecular flexibility index (Phi) is 4.85. The van der Waals surface area contributed by atoms with Crippen molar-refractivity contribution in [1.29, 1.82) is 0 Å². The second-order valence-electron chi connectivity index (χ2n) is 5.79. The lowest BCUT2D eigenvalue weighted by Crippen LogP contribution is -2.22. The van der Waals surface area contributed by atoms with Gasteiger partial charge in [0.1, 0.15) is 40.1 Å². The summed E-state index contributed by atoms with van der Waals surface area (Å²) in [5.74, 6) is -0.169. The average Bonchev–Trinajstić information content (AvgIpc) is 3.16. The number of hydrogen-bond acceptors (Lipinski definition) is 8. The number of carbonyl (C=O) groups is 2. The van der Waals surface area contributed by atoms with Crippen LogP contribution in [-0.2, 0) is 16.0 Å². The van der Waals surface area contributed by atoms with Crippen molar-refractivity contribution in [1.82, 2.24) is 9.55 Å². The minimum absolute atomic E-state index is 0.0199. The molecule has 3 aromatic rings. The molecule has 3 aromatic heterocycles. The predicted molar refractivity (Wildman–Crippen MR) is 92.8 cm³/mol. The highest BCUT2D eigenvalue weighted by Gasteiger charge is 2.24. The van der Waals surface area contributed by atoms with Crippen molar-refractivity contribution in [2.75, 3.05) is 13.7 Å². The van der Waals surface area contributed by atoms with E-state index in [0.29, 0.717) is 11.5 Å². The van der Waals surface area contributed by atoms with E-state index >= 15 is 0 Å². The van der Waals surface area contributed by atoms with E-state index in [-0.39, 0.29) is 41.1 Å². The number of aryl methyl sites for hydroxylation is 2. The minimum Gasteiger partial charge on any atom is -0.465 e. The Bertz CT molecular complexity index is 1090. The van der Waals surface area contributed by atoms with Crippen molar-refractivity contribution in [3.05, 3.63) is 51.2 Å². The van der Waals surface area contributed by atoms with E-state index in [1.54, 1.807) is 20.8 Å². The zero-order valence-corrected chi connectivity index (χ0v) is 15.3. The molecule has 0 aliphatic heterocycles. The highest BCUT2D eigenvalue weighted by atomic mass is 16.5. The van der Waals surface area contributed by atoms with Crippen molar-refractivity contribution >= 4 is 23.0 Å². The number of ether oxygens (including phenoxy) is 2. The van der Waals surface area contributed by atoms with E-state index in [2.05, 4.69) is 9.72 Å². The second kappa shape index (κ2) is 7.10. The third kappa shape index (κ3) is 3.23. The zero-order valence-electron chi connectivity index (χ0n) is 15.3. The number of methoxy groups -OCH3 is 1. The summed E-state index contributed by atoms with van der Waals surface area (Å²) >= 11 is 0. The molecule has 3 heterocycles. The third-order valence-electron chi connectivity index (χ3n) is 4.03. The Labute approximate surface area is 153 Å². The van der Waals surface area contributed by atoms with Crippen LogP contribution in [-0.4, -0.2) is 35.2 Å². The standard InChI is InChI=1S/C18H18N2O7/c1-5-25-18(23)13-10(3)27-15-14(13)16(21)20(8-19-15)7-11-6-12(9(2)26-11)17(22)24-4/h6,8H,5,7H2,1-4H3. The zero-order chi connectivity index (χ0) is 19.7. The number of furan rings is 2. The Hall–Kier alpha value is -3.36. The molecule has 0 N–H and O–H groups in total. The smallest absolute Gasteiger partial charge is 0.342 e. The lowest BCUT2D eigenvalue weighted by atomic mass is 10.2. The molecule has 142 valence electrons. The van der Waals surface area contributed by atoms with Gasteiger partial charge in [0.05, 0.1) is 20.3 Å². The van der Waals surface area contributed by atoms with Crippen molar-refractivity contribution < 1.29 is 27.9 Å². The first kappa shape index (κ1) is 18.4. The number of esters is 2. The molecule has 0 saturated carbocycles. The number of aromatic nitrogens is 2. The van der Waals surface area contributed by atoms with Crippen molar-refractivity contribution in [3.63, 3.8) is 0 Å². The van der Waals surface area contributed by atoms with Crippen LogP contribution in [0.25, 0.3) is 11.1 Å². The molecule has 9 heteroatoms. The highest BCUT2D eigenvalue weighted by Crippen LogP contribution is 2.22. The quantitative estimate of drug-likeness (QED) is 0.625. The largest absolute Gasteiger partial charge is 0.465 e. The minimum atomic E-state index is -0.646. The van der Waals surface area contributed by atoms with Crippen molar-refractivity contribution in [2.45, 2.75) is 27.3 Å². The molecule has 0 bridgehead atoms. The van der Waals surface area contributed by atoms with E-state index in [0.717, 1.165) is 0 Å². The predicted octanol–water partition coefficient (Wildman–Crippen LogP) is 2.21.